The molecular weight excluding hydrogens is 226 g/mol. The van der Waals surface area contributed by atoms with Crippen LogP contribution in [-0.4, -0.2) is 36.3 Å². The summed E-state index contributed by atoms with van der Waals surface area (Å²) >= 11 is 0. The largest absolute Gasteiger partial charge is 0.394 e. The molecule has 18 heavy (non-hydrogen) atoms. The van der Waals surface area contributed by atoms with Crippen LogP contribution in [0.3, 0.4) is 0 Å². The van der Waals surface area contributed by atoms with Crippen LogP contribution in [0.5, 0.6) is 0 Å². The van der Waals surface area contributed by atoms with Gasteiger partial charge in [0, 0.05) is 19.1 Å². The van der Waals surface area contributed by atoms with Crippen LogP contribution in [0.15, 0.2) is 18.3 Å². The van der Waals surface area contributed by atoms with E-state index >= 15 is 0 Å². The summed E-state index contributed by atoms with van der Waals surface area (Å²) in [7, 11) is 1.97. The number of aromatic nitrogens is 1. The average Bonchev–Trinajstić information content (AvgIpc) is 2.43. The van der Waals surface area contributed by atoms with Gasteiger partial charge < -0.3 is 15.3 Å². The van der Waals surface area contributed by atoms with Crippen molar-refractivity contribution in [3.8, 4) is 0 Å². The zero-order valence-electron chi connectivity index (χ0n) is 11.8. The molecule has 2 N–H and O–H groups in total. The van der Waals surface area contributed by atoms with Crippen molar-refractivity contribution < 1.29 is 5.11 Å². The van der Waals surface area contributed by atoms with Gasteiger partial charge in [-0.3, -0.25) is 4.98 Å². The van der Waals surface area contributed by atoms with E-state index in [1.165, 1.54) is 0 Å². The highest BCUT2D eigenvalue weighted by molar-refractivity contribution is 5.44. The van der Waals surface area contributed by atoms with Crippen molar-refractivity contribution in [3.63, 3.8) is 0 Å². The van der Waals surface area contributed by atoms with Crippen molar-refractivity contribution in [2.24, 2.45) is 0 Å². The number of aliphatic hydroxyl groups excluding tert-OH is 1. The number of rotatable bonds is 7. The first-order valence-corrected chi connectivity index (χ1v) is 6.67. The Morgan fingerprint density at radius 2 is 2.11 bits per heavy atom. The normalized spacial score (nSPS) is 14.3. The average molecular weight is 251 g/mol. The summed E-state index contributed by atoms with van der Waals surface area (Å²) in [5.41, 5.74) is 2.11. The number of hydrogen-bond donors (Lipinski definition) is 2. The predicted octanol–water partition coefficient (Wildman–Crippen LogP) is 1.96. The van der Waals surface area contributed by atoms with Crippen molar-refractivity contribution in [2.75, 3.05) is 25.1 Å². The molecule has 0 aliphatic heterocycles. The number of nitrogens with one attached hydrogen (secondary N) is 1. The second kappa shape index (κ2) is 7.34. The molecule has 0 saturated heterocycles. The van der Waals surface area contributed by atoms with Gasteiger partial charge in [-0.05, 0) is 32.0 Å². The van der Waals surface area contributed by atoms with Crippen molar-refractivity contribution in [1.29, 1.82) is 0 Å². The van der Waals surface area contributed by atoms with Crippen molar-refractivity contribution >= 4 is 5.69 Å². The van der Waals surface area contributed by atoms with E-state index in [4.69, 9.17) is 5.11 Å². The minimum atomic E-state index is 0.105. The van der Waals surface area contributed by atoms with E-state index in [0.29, 0.717) is 6.04 Å². The highest BCUT2D eigenvalue weighted by Gasteiger charge is 2.12. The smallest absolute Gasteiger partial charge is 0.0632 e. The molecule has 0 aliphatic carbocycles. The second-order valence-electron chi connectivity index (χ2n) is 4.60. The Labute approximate surface area is 110 Å². The van der Waals surface area contributed by atoms with Crippen LogP contribution >= 0.6 is 0 Å². The molecule has 1 aromatic rings. The molecule has 0 saturated carbocycles. The number of aliphatic hydroxyl groups is 1. The third kappa shape index (κ3) is 3.68. The van der Waals surface area contributed by atoms with E-state index in [1.54, 1.807) is 0 Å². The van der Waals surface area contributed by atoms with Gasteiger partial charge in [0.15, 0.2) is 0 Å². The van der Waals surface area contributed by atoms with Gasteiger partial charge in [0.1, 0.15) is 0 Å². The molecule has 0 aliphatic rings. The molecular formula is C14H25N3O. The maximum Gasteiger partial charge on any atom is 0.0632 e. The number of likely N-dealkylation sites (N-methyl/N-ethyl adjacent to an activating group) is 1. The van der Waals surface area contributed by atoms with E-state index < -0.39 is 0 Å². The monoisotopic (exact) mass is 251 g/mol. The Morgan fingerprint density at radius 3 is 2.56 bits per heavy atom. The van der Waals surface area contributed by atoms with Crippen LogP contribution in [-0.2, 0) is 0 Å². The van der Waals surface area contributed by atoms with Crippen molar-refractivity contribution in [1.82, 2.24) is 10.3 Å². The minimum absolute atomic E-state index is 0.105. The Hall–Kier alpha value is -1.13. The second-order valence-corrected chi connectivity index (χ2v) is 4.60. The van der Waals surface area contributed by atoms with Gasteiger partial charge in [0.2, 0.25) is 0 Å². The summed E-state index contributed by atoms with van der Waals surface area (Å²) in [5, 5.41) is 12.6. The van der Waals surface area contributed by atoms with Gasteiger partial charge in [-0.2, -0.15) is 0 Å². The lowest BCUT2D eigenvalue weighted by atomic mass is 10.1. The van der Waals surface area contributed by atoms with Crippen LogP contribution in [0.2, 0.25) is 0 Å². The molecule has 0 spiro atoms. The molecule has 2 unspecified atom stereocenters. The minimum Gasteiger partial charge on any atom is -0.394 e. The molecule has 2 atom stereocenters. The Morgan fingerprint density at radius 1 is 1.39 bits per heavy atom. The molecule has 0 fully saturated rings. The fourth-order valence-electron chi connectivity index (χ4n) is 1.89. The van der Waals surface area contributed by atoms with Gasteiger partial charge >= 0.3 is 0 Å². The zero-order chi connectivity index (χ0) is 13.5. The Kier molecular flexibility index (Phi) is 6.09. The maximum atomic E-state index is 9.15. The van der Waals surface area contributed by atoms with Gasteiger partial charge in [0.05, 0.1) is 24.2 Å². The molecule has 4 nitrogen and oxygen atoms in total. The molecule has 0 aromatic carbocycles. The highest BCUT2D eigenvalue weighted by atomic mass is 16.3. The third-order valence-corrected chi connectivity index (χ3v) is 3.32. The first-order valence-electron chi connectivity index (χ1n) is 6.67. The standard InChI is InChI=1S/C14H25N3O/c1-5-13(15-6-2)14-8-7-12(9-16-14)17(4)11(3)10-18/h7-9,11,13,15,18H,5-6,10H2,1-4H3. The Bertz CT molecular complexity index is 318. The van der Waals surface area contributed by atoms with Gasteiger partial charge in [-0.25, -0.2) is 0 Å². The van der Waals surface area contributed by atoms with Crippen LogP contribution < -0.4 is 10.2 Å². The number of pyridine rings is 1. The van der Waals surface area contributed by atoms with E-state index in [9.17, 15) is 0 Å². The molecule has 1 aromatic heterocycles. The molecule has 0 radical (unpaired) electrons. The maximum absolute atomic E-state index is 9.15. The summed E-state index contributed by atoms with van der Waals surface area (Å²) in [6.07, 6.45) is 2.91. The van der Waals surface area contributed by atoms with E-state index in [2.05, 4.69) is 36.3 Å². The third-order valence-electron chi connectivity index (χ3n) is 3.32. The van der Waals surface area contributed by atoms with Crippen LogP contribution in [0.1, 0.15) is 38.9 Å². The lowest BCUT2D eigenvalue weighted by Gasteiger charge is -2.25. The fraction of sp³-hybridized carbons (Fsp3) is 0.643. The predicted molar refractivity (Wildman–Crippen MR) is 75.9 cm³/mol. The van der Waals surface area contributed by atoms with Gasteiger partial charge in [0.25, 0.3) is 0 Å². The molecule has 1 heterocycles. The SMILES string of the molecule is CCNC(CC)c1ccc(N(C)C(C)CO)cn1. The van der Waals surface area contributed by atoms with E-state index in [1.807, 2.05) is 25.1 Å². The first kappa shape index (κ1) is 14.9. The van der Waals surface area contributed by atoms with Crippen LogP contribution in [0.25, 0.3) is 0 Å². The molecule has 0 amide bonds. The van der Waals surface area contributed by atoms with E-state index in [0.717, 1.165) is 24.3 Å². The quantitative estimate of drug-likeness (QED) is 0.778. The number of anilines is 1. The van der Waals surface area contributed by atoms with Crippen LogP contribution in [0.4, 0.5) is 5.69 Å². The number of hydrogen-bond acceptors (Lipinski definition) is 4. The van der Waals surface area contributed by atoms with Crippen LogP contribution in [0, 0.1) is 0 Å². The van der Waals surface area contributed by atoms with Crippen molar-refractivity contribution in [3.05, 3.63) is 24.0 Å². The van der Waals surface area contributed by atoms with Gasteiger partial charge in [-0.1, -0.05) is 13.8 Å². The summed E-state index contributed by atoms with van der Waals surface area (Å²) < 4.78 is 0. The fourth-order valence-corrected chi connectivity index (χ4v) is 1.89. The summed E-state index contributed by atoms with van der Waals surface area (Å²) in [6.45, 7) is 7.34. The van der Waals surface area contributed by atoms with E-state index in [-0.39, 0.29) is 12.6 Å². The molecule has 4 heteroatoms. The Balaban J connectivity index is 2.78. The highest BCUT2D eigenvalue weighted by Crippen LogP contribution is 2.18. The molecule has 102 valence electrons. The number of nitrogens with zero attached hydrogens (tertiary/aromatic N) is 2. The molecule has 1 rings (SSSR count). The topological polar surface area (TPSA) is 48.4 Å². The molecule has 0 bridgehead atoms. The van der Waals surface area contributed by atoms with Gasteiger partial charge in [-0.15, -0.1) is 0 Å². The lowest BCUT2D eigenvalue weighted by Crippen LogP contribution is -2.32. The zero-order valence-corrected chi connectivity index (χ0v) is 11.8. The summed E-state index contributed by atoms with van der Waals surface area (Å²) in [6, 6.07) is 4.55. The van der Waals surface area contributed by atoms with Crippen molar-refractivity contribution in [2.45, 2.75) is 39.3 Å². The summed E-state index contributed by atoms with van der Waals surface area (Å²) in [5.74, 6) is 0. The lowest BCUT2D eigenvalue weighted by molar-refractivity contribution is 0.270. The summed E-state index contributed by atoms with van der Waals surface area (Å²) in [4.78, 5) is 6.55. The first-order chi connectivity index (χ1) is 8.63.